The van der Waals surface area contributed by atoms with Crippen LogP contribution in [-0.2, 0) is 16.0 Å². The van der Waals surface area contributed by atoms with Gasteiger partial charge in [-0.25, -0.2) is 4.39 Å². The van der Waals surface area contributed by atoms with Gasteiger partial charge in [0.05, 0.1) is 5.92 Å². The van der Waals surface area contributed by atoms with Crippen LogP contribution in [0.4, 0.5) is 4.39 Å². The quantitative estimate of drug-likeness (QED) is 0.370. The molecule has 0 aliphatic carbocycles. The third kappa shape index (κ3) is 4.99. The highest BCUT2D eigenvalue weighted by molar-refractivity contribution is 5.99. The lowest BCUT2D eigenvalue weighted by atomic mass is 9.80. The third-order valence-electron chi connectivity index (χ3n) is 5.93. The van der Waals surface area contributed by atoms with Gasteiger partial charge in [-0.1, -0.05) is 60.7 Å². The number of esters is 1. The minimum Gasteiger partial charge on any atom is -0.461 e. The van der Waals surface area contributed by atoms with Crippen LogP contribution in [0.25, 0.3) is 0 Å². The zero-order valence-electron chi connectivity index (χ0n) is 17.4. The molecule has 3 atom stereocenters. The summed E-state index contributed by atoms with van der Waals surface area (Å²) in [6, 6.07) is 23.8. The van der Waals surface area contributed by atoms with Crippen LogP contribution < -0.4 is 0 Å². The second-order valence-electron chi connectivity index (χ2n) is 8.06. The number of cyclic esters (lactones) is 1. The van der Waals surface area contributed by atoms with Gasteiger partial charge in [0.2, 0.25) is 0 Å². The van der Waals surface area contributed by atoms with Gasteiger partial charge in [0.15, 0.2) is 11.6 Å². The number of rotatable bonds is 8. The molecule has 4 rings (SSSR count). The normalized spacial score (nSPS) is 20.0. The molecule has 5 heteroatoms. The second-order valence-corrected chi connectivity index (χ2v) is 8.06. The number of hydrogen-bond acceptors (Lipinski definition) is 4. The van der Waals surface area contributed by atoms with E-state index in [1.165, 1.54) is 24.3 Å². The summed E-state index contributed by atoms with van der Waals surface area (Å²) in [5, 5.41) is 0. The predicted octanol–water partition coefficient (Wildman–Crippen LogP) is 5.07. The molecule has 3 aromatic carbocycles. The monoisotopic (exact) mass is 430 g/mol. The first-order chi connectivity index (χ1) is 15.5. The van der Waals surface area contributed by atoms with Gasteiger partial charge in [-0.15, -0.1) is 0 Å². The van der Waals surface area contributed by atoms with Gasteiger partial charge in [-0.2, -0.15) is 0 Å². The molecule has 1 aliphatic heterocycles. The number of benzene rings is 3. The SMILES string of the molecule is O=C(C[C@@H]1OC(=O)[C@@H](CC(=O)c2ccc(F)cc2)[C@H]1Cc1ccccc1)c1ccccc1. The van der Waals surface area contributed by atoms with Gasteiger partial charge in [-0.05, 0) is 36.2 Å². The summed E-state index contributed by atoms with van der Waals surface area (Å²) in [6.07, 6.45) is -0.0749. The maximum Gasteiger partial charge on any atom is 0.310 e. The number of halogens is 1. The van der Waals surface area contributed by atoms with Crippen molar-refractivity contribution >= 4 is 17.5 Å². The lowest BCUT2D eigenvalue weighted by molar-refractivity contribution is -0.144. The fourth-order valence-corrected chi connectivity index (χ4v) is 4.22. The van der Waals surface area contributed by atoms with Crippen molar-refractivity contribution in [3.05, 3.63) is 107 Å². The Kier molecular flexibility index (Phi) is 6.55. The molecule has 0 radical (unpaired) electrons. The Morgan fingerprint density at radius 1 is 0.750 bits per heavy atom. The highest BCUT2D eigenvalue weighted by atomic mass is 19.1. The highest BCUT2D eigenvalue weighted by Gasteiger charge is 2.46. The van der Waals surface area contributed by atoms with E-state index in [9.17, 15) is 18.8 Å². The molecule has 0 amide bonds. The molecule has 32 heavy (non-hydrogen) atoms. The lowest BCUT2D eigenvalue weighted by Crippen LogP contribution is -2.27. The van der Waals surface area contributed by atoms with Crippen molar-refractivity contribution in [3.8, 4) is 0 Å². The molecule has 0 N–H and O–H groups in total. The first-order valence-electron chi connectivity index (χ1n) is 10.6. The Bertz CT molecular complexity index is 1090. The molecule has 4 nitrogen and oxygen atoms in total. The van der Waals surface area contributed by atoms with E-state index in [1.807, 2.05) is 36.4 Å². The number of ether oxygens (including phenoxy) is 1. The van der Waals surface area contributed by atoms with E-state index in [0.717, 1.165) is 5.56 Å². The van der Waals surface area contributed by atoms with Gasteiger partial charge in [0.25, 0.3) is 0 Å². The number of carbonyl (C=O) groups is 3. The van der Waals surface area contributed by atoms with Crippen LogP contribution in [0, 0.1) is 17.7 Å². The number of ketones is 2. The summed E-state index contributed by atoms with van der Waals surface area (Å²) in [5.74, 6) is -2.23. The number of carbonyl (C=O) groups excluding carboxylic acids is 3. The topological polar surface area (TPSA) is 60.4 Å². The standard InChI is InChI=1S/C27H23FO4/c28-21-13-11-20(12-14-21)24(29)16-23-22(15-18-7-3-1-4-8-18)26(32-27(23)31)17-25(30)19-9-5-2-6-10-19/h1-14,22-23,26H,15-17H2/t22-,23+,26+/m1/s1. The van der Waals surface area contributed by atoms with Crippen LogP contribution in [0.1, 0.15) is 39.1 Å². The van der Waals surface area contributed by atoms with E-state index < -0.39 is 23.8 Å². The fourth-order valence-electron chi connectivity index (χ4n) is 4.22. The molecule has 0 saturated carbocycles. The summed E-state index contributed by atoms with van der Waals surface area (Å²) in [4.78, 5) is 38.4. The minimum absolute atomic E-state index is 0.0437. The molecular formula is C27H23FO4. The third-order valence-corrected chi connectivity index (χ3v) is 5.93. The van der Waals surface area contributed by atoms with E-state index in [2.05, 4.69) is 0 Å². The molecule has 0 aromatic heterocycles. The van der Waals surface area contributed by atoms with E-state index in [1.54, 1.807) is 24.3 Å². The van der Waals surface area contributed by atoms with E-state index in [-0.39, 0.29) is 30.3 Å². The molecule has 1 aliphatic rings. The average molecular weight is 430 g/mol. The zero-order valence-corrected chi connectivity index (χ0v) is 17.4. The Morgan fingerprint density at radius 2 is 1.31 bits per heavy atom. The summed E-state index contributed by atoms with van der Waals surface area (Å²) in [7, 11) is 0. The predicted molar refractivity (Wildman–Crippen MR) is 118 cm³/mol. The number of hydrogen-bond donors (Lipinski definition) is 0. The van der Waals surface area contributed by atoms with Gasteiger partial charge in [-0.3, -0.25) is 14.4 Å². The summed E-state index contributed by atoms with van der Waals surface area (Å²) in [6.45, 7) is 0. The van der Waals surface area contributed by atoms with Crippen molar-refractivity contribution in [2.75, 3.05) is 0 Å². The largest absolute Gasteiger partial charge is 0.461 e. The summed E-state index contributed by atoms with van der Waals surface area (Å²) < 4.78 is 18.9. The Hall–Kier alpha value is -3.60. The van der Waals surface area contributed by atoms with Crippen LogP contribution in [-0.4, -0.2) is 23.6 Å². The minimum atomic E-state index is -0.665. The van der Waals surface area contributed by atoms with Crippen molar-refractivity contribution < 1.29 is 23.5 Å². The van der Waals surface area contributed by atoms with Crippen LogP contribution in [0.5, 0.6) is 0 Å². The van der Waals surface area contributed by atoms with Gasteiger partial charge in [0, 0.05) is 29.9 Å². The molecule has 0 unspecified atom stereocenters. The van der Waals surface area contributed by atoms with Gasteiger partial charge < -0.3 is 4.74 Å². The maximum absolute atomic E-state index is 13.2. The van der Waals surface area contributed by atoms with Crippen LogP contribution in [0.15, 0.2) is 84.9 Å². The summed E-state index contributed by atoms with van der Waals surface area (Å²) in [5.41, 5.74) is 1.92. The Morgan fingerprint density at radius 3 is 1.97 bits per heavy atom. The second kappa shape index (κ2) is 9.69. The van der Waals surface area contributed by atoms with Crippen LogP contribution >= 0.6 is 0 Å². The molecule has 0 spiro atoms. The summed E-state index contributed by atoms with van der Waals surface area (Å²) >= 11 is 0. The molecule has 3 aromatic rings. The molecule has 0 bridgehead atoms. The Labute approximate surface area is 186 Å². The van der Waals surface area contributed by atoms with Crippen molar-refractivity contribution in [1.29, 1.82) is 0 Å². The fraction of sp³-hybridized carbons (Fsp3) is 0.222. The first-order valence-corrected chi connectivity index (χ1v) is 10.6. The van der Waals surface area contributed by atoms with Gasteiger partial charge in [0.1, 0.15) is 11.9 Å². The molecule has 162 valence electrons. The molecule has 1 fully saturated rings. The average Bonchev–Trinajstić information content (AvgIpc) is 3.09. The van der Waals surface area contributed by atoms with E-state index in [4.69, 9.17) is 4.74 Å². The maximum atomic E-state index is 13.2. The van der Waals surface area contributed by atoms with Crippen molar-refractivity contribution in [2.24, 2.45) is 11.8 Å². The van der Waals surface area contributed by atoms with E-state index in [0.29, 0.717) is 17.5 Å². The molecule has 1 heterocycles. The number of Topliss-reactive ketones (excluding diaryl/α,β-unsaturated/α-hetero) is 2. The molecule has 1 saturated heterocycles. The van der Waals surface area contributed by atoms with Crippen molar-refractivity contribution in [3.63, 3.8) is 0 Å². The van der Waals surface area contributed by atoms with Crippen LogP contribution in [0.3, 0.4) is 0 Å². The zero-order chi connectivity index (χ0) is 22.5. The first kappa shape index (κ1) is 21.6. The lowest BCUT2D eigenvalue weighted by Gasteiger charge is -2.21. The van der Waals surface area contributed by atoms with Gasteiger partial charge >= 0.3 is 5.97 Å². The van der Waals surface area contributed by atoms with E-state index >= 15 is 0 Å². The van der Waals surface area contributed by atoms with Crippen molar-refractivity contribution in [2.45, 2.75) is 25.4 Å². The smallest absolute Gasteiger partial charge is 0.310 e. The Balaban J connectivity index is 1.56. The molecular weight excluding hydrogens is 407 g/mol. The highest BCUT2D eigenvalue weighted by Crippen LogP contribution is 2.36. The van der Waals surface area contributed by atoms with Crippen molar-refractivity contribution in [1.82, 2.24) is 0 Å². The van der Waals surface area contributed by atoms with Crippen LogP contribution in [0.2, 0.25) is 0 Å².